The van der Waals surface area contributed by atoms with E-state index in [1.54, 1.807) is 7.05 Å². The number of rotatable bonds is 3. The van der Waals surface area contributed by atoms with E-state index < -0.39 is 5.97 Å². The van der Waals surface area contributed by atoms with Crippen LogP contribution < -0.4 is 5.32 Å². The predicted molar refractivity (Wildman–Crippen MR) is 60.1 cm³/mol. The third kappa shape index (κ3) is 2.39. The van der Waals surface area contributed by atoms with Crippen molar-refractivity contribution in [3.05, 3.63) is 41.5 Å². The van der Waals surface area contributed by atoms with Gasteiger partial charge >= 0.3 is 5.97 Å². The molecule has 0 unspecified atom stereocenters. The van der Waals surface area contributed by atoms with Gasteiger partial charge < -0.3 is 10.1 Å². The largest absolute Gasteiger partial charge is 0.465 e. The van der Waals surface area contributed by atoms with Crippen molar-refractivity contribution in [3.63, 3.8) is 0 Å². The lowest BCUT2D eigenvalue weighted by Gasteiger charge is -2.08. The third-order valence-corrected chi connectivity index (χ3v) is 2.06. The number of hydrogen-bond acceptors (Lipinski definition) is 4. The van der Waals surface area contributed by atoms with E-state index in [0.29, 0.717) is 5.70 Å². The minimum atomic E-state index is -0.643. The number of nitrogens with one attached hydrogen (secondary N) is 1. The Kier molecular flexibility index (Phi) is 4.10. The Bertz CT molecular complexity index is 444. The highest BCUT2D eigenvalue weighted by Gasteiger charge is 2.15. The Morgan fingerprint density at radius 2 is 2.00 bits per heavy atom. The Morgan fingerprint density at radius 3 is 2.44 bits per heavy atom. The molecule has 0 heterocycles. The number of carbonyl (C=O) groups excluding carboxylic acids is 1. The molecule has 0 bridgehead atoms. The number of benzene rings is 1. The van der Waals surface area contributed by atoms with Crippen LogP contribution in [0.3, 0.4) is 0 Å². The summed E-state index contributed by atoms with van der Waals surface area (Å²) in [6.45, 7) is 0. The number of hydrogen-bond donors (Lipinski definition) is 1. The first-order valence-corrected chi connectivity index (χ1v) is 4.70. The average molecular weight is 216 g/mol. The van der Waals surface area contributed by atoms with Gasteiger partial charge in [-0.2, -0.15) is 5.26 Å². The molecule has 1 aromatic rings. The maximum Gasteiger partial charge on any atom is 0.350 e. The molecule has 1 rings (SSSR count). The number of ether oxygens (including phenoxy) is 1. The Labute approximate surface area is 94.1 Å². The van der Waals surface area contributed by atoms with E-state index >= 15 is 0 Å². The second kappa shape index (κ2) is 5.56. The number of methoxy groups -OCH3 is 1. The van der Waals surface area contributed by atoms with Gasteiger partial charge in [-0.05, 0) is 5.56 Å². The zero-order chi connectivity index (χ0) is 12.0. The van der Waals surface area contributed by atoms with Crippen molar-refractivity contribution in [3.8, 4) is 6.07 Å². The van der Waals surface area contributed by atoms with Crippen LogP contribution >= 0.6 is 0 Å². The summed E-state index contributed by atoms with van der Waals surface area (Å²) in [7, 11) is 2.90. The molecule has 0 aliphatic heterocycles. The first-order chi connectivity index (χ1) is 7.74. The topological polar surface area (TPSA) is 62.1 Å². The highest BCUT2D eigenvalue weighted by atomic mass is 16.5. The van der Waals surface area contributed by atoms with Crippen molar-refractivity contribution in [1.29, 1.82) is 5.26 Å². The van der Waals surface area contributed by atoms with E-state index in [2.05, 4.69) is 10.1 Å². The fourth-order valence-corrected chi connectivity index (χ4v) is 1.32. The smallest absolute Gasteiger partial charge is 0.350 e. The van der Waals surface area contributed by atoms with E-state index in [4.69, 9.17) is 5.26 Å². The van der Waals surface area contributed by atoms with Gasteiger partial charge in [0.05, 0.1) is 12.8 Å². The van der Waals surface area contributed by atoms with Crippen molar-refractivity contribution in [1.82, 2.24) is 5.32 Å². The molecule has 4 nitrogen and oxygen atoms in total. The molecule has 0 atom stereocenters. The fourth-order valence-electron chi connectivity index (χ4n) is 1.32. The maximum absolute atomic E-state index is 11.4. The summed E-state index contributed by atoms with van der Waals surface area (Å²) in [5, 5.41) is 11.8. The Hall–Kier alpha value is -2.28. The van der Waals surface area contributed by atoms with E-state index in [1.807, 2.05) is 36.4 Å². The quantitative estimate of drug-likeness (QED) is 0.470. The number of carbonyl (C=O) groups is 1. The van der Waals surface area contributed by atoms with Crippen LogP contribution in [0.4, 0.5) is 0 Å². The van der Waals surface area contributed by atoms with Gasteiger partial charge in [0.2, 0.25) is 0 Å². The summed E-state index contributed by atoms with van der Waals surface area (Å²) in [5.41, 5.74) is 1.21. The molecule has 0 aliphatic carbocycles. The molecule has 1 N–H and O–H groups in total. The minimum Gasteiger partial charge on any atom is -0.465 e. The van der Waals surface area contributed by atoms with Crippen LogP contribution in [0.25, 0.3) is 5.70 Å². The summed E-state index contributed by atoms with van der Waals surface area (Å²) in [5.74, 6) is -0.643. The van der Waals surface area contributed by atoms with Crippen molar-refractivity contribution in [2.45, 2.75) is 0 Å². The first-order valence-electron chi connectivity index (χ1n) is 4.70. The van der Waals surface area contributed by atoms with Crippen molar-refractivity contribution < 1.29 is 9.53 Å². The maximum atomic E-state index is 11.4. The van der Waals surface area contributed by atoms with Crippen molar-refractivity contribution in [2.75, 3.05) is 14.2 Å². The highest BCUT2D eigenvalue weighted by molar-refractivity contribution is 6.01. The van der Waals surface area contributed by atoms with Gasteiger partial charge in [0.1, 0.15) is 6.07 Å². The van der Waals surface area contributed by atoms with Gasteiger partial charge in [-0.1, -0.05) is 30.3 Å². The Balaban J connectivity index is 3.29. The Morgan fingerprint density at radius 1 is 1.38 bits per heavy atom. The fraction of sp³-hybridized carbons (Fsp3) is 0.167. The first kappa shape index (κ1) is 11.8. The number of nitriles is 1. The van der Waals surface area contributed by atoms with E-state index in [1.165, 1.54) is 7.11 Å². The van der Waals surface area contributed by atoms with Crippen molar-refractivity contribution >= 4 is 11.7 Å². The van der Waals surface area contributed by atoms with Crippen LogP contribution in [0.5, 0.6) is 0 Å². The number of esters is 1. The molecule has 0 amide bonds. The number of nitrogens with zero attached hydrogens (tertiary/aromatic N) is 1. The van der Waals surface area contributed by atoms with Crippen LogP contribution in [-0.2, 0) is 9.53 Å². The van der Waals surface area contributed by atoms with Gasteiger partial charge in [-0.3, -0.25) is 0 Å². The zero-order valence-corrected chi connectivity index (χ0v) is 9.15. The molecular formula is C12H12N2O2. The molecule has 0 aliphatic rings. The van der Waals surface area contributed by atoms with Crippen LogP contribution in [-0.4, -0.2) is 20.1 Å². The molecule has 0 radical (unpaired) electrons. The summed E-state index contributed by atoms with van der Waals surface area (Å²) in [4.78, 5) is 11.4. The third-order valence-electron chi connectivity index (χ3n) is 2.06. The molecule has 4 heteroatoms. The van der Waals surface area contributed by atoms with Gasteiger partial charge in [-0.25, -0.2) is 4.79 Å². The average Bonchev–Trinajstić information content (AvgIpc) is 2.36. The summed E-state index contributed by atoms with van der Waals surface area (Å²) < 4.78 is 4.55. The lowest BCUT2D eigenvalue weighted by Crippen LogP contribution is -2.14. The molecule has 16 heavy (non-hydrogen) atoms. The normalized spacial score (nSPS) is 11.1. The second-order valence-corrected chi connectivity index (χ2v) is 2.97. The monoisotopic (exact) mass is 216 g/mol. The standard InChI is InChI=1S/C12H12N2O2/c1-14-11(9-6-4-3-5-7-9)10(8-13)12(15)16-2/h3-7,14H,1-2H3/b11-10-. The van der Waals surface area contributed by atoms with E-state index in [-0.39, 0.29) is 5.57 Å². The van der Waals surface area contributed by atoms with Gasteiger partial charge in [0, 0.05) is 7.05 Å². The van der Waals surface area contributed by atoms with E-state index in [9.17, 15) is 4.79 Å². The van der Waals surface area contributed by atoms with Crippen LogP contribution in [0.2, 0.25) is 0 Å². The lowest BCUT2D eigenvalue weighted by atomic mass is 10.1. The highest BCUT2D eigenvalue weighted by Crippen LogP contribution is 2.15. The van der Waals surface area contributed by atoms with Crippen LogP contribution in [0.15, 0.2) is 35.9 Å². The predicted octanol–water partition coefficient (Wildman–Crippen LogP) is 1.31. The summed E-state index contributed by atoms with van der Waals surface area (Å²) in [6.07, 6.45) is 0. The molecule has 0 saturated heterocycles. The van der Waals surface area contributed by atoms with Crippen molar-refractivity contribution in [2.24, 2.45) is 0 Å². The van der Waals surface area contributed by atoms with E-state index in [0.717, 1.165) is 5.56 Å². The summed E-state index contributed by atoms with van der Waals surface area (Å²) >= 11 is 0. The molecule has 82 valence electrons. The lowest BCUT2D eigenvalue weighted by molar-refractivity contribution is -0.135. The summed E-state index contributed by atoms with van der Waals surface area (Å²) in [6, 6.07) is 11.0. The minimum absolute atomic E-state index is 0.0313. The SMILES string of the molecule is CN/C(=C(/C#N)C(=O)OC)c1ccccc1. The molecule has 0 fully saturated rings. The molecule has 1 aromatic carbocycles. The van der Waals surface area contributed by atoms with Crippen LogP contribution in [0, 0.1) is 11.3 Å². The van der Waals surface area contributed by atoms with Gasteiger partial charge in [-0.15, -0.1) is 0 Å². The molecule has 0 spiro atoms. The molecule has 0 saturated carbocycles. The second-order valence-electron chi connectivity index (χ2n) is 2.97. The zero-order valence-electron chi connectivity index (χ0n) is 9.15. The van der Waals surface area contributed by atoms with Crippen LogP contribution in [0.1, 0.15) is 5.56 Å². The molecular weight excluding hydrogens is 204 g/mol. The van der Waals surface area contributed by atoms with Gasteiger partial charge in [0.25, 0.3) is 0 Å². The van der Waals surface area contributed by atoms with Gasteiger partial charge in [0.15, 0.2) is 5.57 Å². The molecule has 0 aromatic heterocycles.